The fraction of sp³-hybridized carbons (Fsp3) is 0.158. The Hall–Kier alpha value is -3.08. The quantitative estimate of drug-likeness (QED) is 0.765. The molecule has 0 aliphatic heterocycles. The molecule has 24 heavy (non-hydrogen) atoms. The van der Waals surface area contributed by atoms with Crippen LogP contribution in [-0.4, -0.2) is 12.5 Å². The van der Waals surface area contributed by atoms with E-state index in [-0.39, 0.29) is 17.0 Å². The SMILES string of the molecule is CCOc1cccc2cc(C(=O)Nc3ccccc3C)c(=N)oc12. The van der Waals surface area contributed by atoms with Crippen LogP contribution in [0.3, 0.4) is 0 Å². The summed E-state index contributed by atoms with van der Waals surface area (Å²) in [5, 5.41) is 11.6. The number of aryl methyl sites for hydroxylation is 1. The Balaban J connectivity index is 2.01. The molecule has 5 heteroatoms. The predicted octanol–water partition coefficient (Wildman–Crippen LogP) is 3.87. The van der Waals surface area contributed by atoms with Gasteiger partial charge in [0, 0.05) is 11.1 Å². The van der Waals surface area contributed by atoms with Gasteiger partial charge in [0.2, 0.25) is 5.55 Å². The lowest BCUT2D eigenvalue weighted by atomic mass is 10.1. The predicted molar refractivity (Wildman–Crippen MR) is 92.4 cm³/mol. The van der Waals surface area contributed by atoms with E-state index in [4.69, 9.17) is 14.6 Å². The maximum Gasteiger partial charge on any atom is 0.261 e. The Kier molecular flexibility index (Phi) is 4.33. The molecule has 5 nitrogen and oxygen atoms in total. The second kappa shape index (κ2) is 6.58. The summed E-state index contributed by atoms with van der Waals surface area (Å²) in [6.07, 6.45) is 0. The minimum absolute atomic E-state index is 0.180. The largest absolute Gasteiger partial charge is 0.490 e. The smallest absolute Gasteiger partial charge is 0.261 e. The number of carbonyl (C=O) groups is 1. The van der Waals surface area contributed by atoms with E-state index in [1.54, 1.807) is 12.1 Å². The standard InChI is InChI=1S/C19H18N2O3/c1-3-23-16-10-6-8-13-11-14(18(20)24-17(13)16)19(22)21-15-9-5-4-7-12(15)2/h4-11,20H,3H2,1-2H3,(H,21,22). The summed E-state index contributed by atoms with van der Waals surface area (Å²) >= 11 is 0. The van der Waals surface area contributed by atoms with Crippen molar-refractivity contribution in [2.75, 3.05) is 11.9 Å². The van der Waals surface area contributed by atoms with Crippen LogP contribution in [0.5, 0.6) is 5.75 Å². The molecule has 1 heterocycles. The molecule has 122 valence electrons. The molecular weight excluding hydrogens is 304 g/mol. The number of hydrogen-bond donors (Lipinski definition) is 2. The molecule has 2 N–H and O–H groups in total. The fourth-order valence-corrected chi connectivity index (χ4v) is 2.47. The third-order valence-corrected chi connectivity index (χ3v) is 3.70. The molecule has 0 spiro atoms. The van der Waals surface area contributed by atoms with Gasteiger partial charge in [-0.15, -0.1) is 0 Å². The van der Waals surface area contributed by atoms with Gasteiger partial charge in [0.1, 0.15) is 5.56 Å². The summed E-state index contributed by atoms with van der Waals surface area (Å²) < 4.78 is 11.1. The molecule has 0 saturated carbocycles. The maximum absolute atomic E-state index is 12.5. The van der Waals surface area contributed by atoms with Crippen LogP contribution in [0.1, 0.15) is 22.8 Å². The summed E-state index contributed by atoms with van der Waals surface area (Å²) in [6, 6.07) is 14.6. The van der Waals surface area contributed by atoms with Crippen LogP contribution < -0.4 is 15.6 Å². The van der Waals surface area contributed by atoms with Crippen molar-refractivity contribution in [3.8, 4) is 5.75 Å². The summed E-state index contributed by atoms with van der Waals surface area (Å²) in [5.41, 5.74) is 2.12. The molecule has 0 bridgehead atoms. The van der Waals surface area contributed by atoms with Gasteiger partial charge in [0.05, 0.1) is 6.61 Å². The Morgan fingerprint density at radius 2 is 2.00 bits per heavy atom. The lowest BCUT2D eigenvalue weighted by Crippen LogP contribution is -2.21. The molecule has 2 aromatic carbocycles. The topological polar surface area (TPSA) is 75.3 Å². The van der Waals surface area contributed by atoms with Crippen molar-refractivity contribution in [2.24, 2.45) is 0 Å². The van der Waals surface area contributed by atoms with Crippen molar-refractivity contribution in [3.05, 3.63) is 65.2 Å². The number of fused-ring (bicyclic) bond motifs is 1. The van der Waals surface area contributed by atoms with Crippen molar-refractivity contribution in [2.45, 2.75) is 13.8 Å². The molecule has 0 unspecified atom stereocenters. The zero-order valence-electron chi connectivity index (χ0n) is 13.6. The second-order valence-corrected chi connectivity index (χ2v) is 5.37. The Bertz CT molecular complexity index is 960. The van der Waals surface area contributed by atoms with E-state index in [2.05, 4.69) is 5.32 Å². The molecule has 1 aromatic heterocycles. The first-order chi connectivity index (χ1) is 11.6. The average Bonchev–Trinajstić information content (AvgIpc) is 2.57. The molecule has 3 rings (SSSR count). The maximum atomic E-state index is 12.5. The van der Waals surface area contributed by atoms with Crippen LogP contribution in [0.4, 0.5) is 5.69 Å². The average molecular weight is 322 g/mol. The van der Waals surface area contributed by atoms with Crippen molar-refractivity contribution in [3.63, 3.8) is 0 Å². The number of nitrogens with one attached hydrogen (secondary N) is 2. The van der Waals surface area contributed by atoms with Crippen molar-refractivity contribution in [1.29, 1.82) is 5.41 Å². The van der Waals surface area contributed by atoms with Crippen LogP contribution in [0.15, 0.2) is 52.9 Å². The lowest BCUT2D eigenvalue weighted by molar-refractivity contribution is 0.102. The van der Waals surface area contributed by atoms with E-state index >= 15 is 0 Å². The number of hydrogen-bond acceptors (Lipinski definition) is 4. The molecular formula is C19H18N2O3. The molecule has 3 aromatic rings. The van der Waals surface area contributed by atoms with E-state index in [0.717, 1.165) is 5.56 Å². The second-order valence-electron chi connectivity index (χ2n) is 5.37. The summed E-state index contributed by atoms with van der Waals surface area (Å²) in [6.45, 7) is 4.29. The number of carbonyl (C=O) groups excluding carboxylic acids is 1. The van der Waals surface area contributed by atoms with Gasteiger partial charge in [-0.2, -0.15) is 0 Å². The minimum Gasteiger partial charge on any atom is -0.490 e. The third kappa shape index (κ3) is 3.01. The van der Waals surface area contributed by atoms with Crippen molar-refractivity contribution >= 4 is 22.6 Å². The van der Waals surface area contributed by atoms with Crippen LogP contribution in [0.25, 0.3) is 11.0 Å². The summed E-state index contributed by atoms with van der Waals surface area (Å²) in [4.78, 5) is 12.5. The summed E-state index contributed by atoms with van der Waals surface area (Å²) in [5.74, 6) is 0.191. The lowest BCUT2D eigenvalue weighted by Gasteiger charge is -2.10. The Labute approximate surface area is 139 Å². The van der Waals surface area contributed by atoms with Gasteiger partial charge in [0.25, 0.3) is 5.91 Å². The zero-order chi connectivity index (χ0) is 17.1. The number of rotatable bonds is 4. The monoisotopic (exact) mass is 322 g/mol. The number of amides is 1. The van der Waals surface area contributed by atoms with Crippen LogP contribution in [0.2, 0.25) is 0 Å². The molecule has 0 fully saturated rings. The van der Waals surface area contributed by atoms with E-state index in [1.165, 1.54) is 0 Å². The number of benzene rings is 2. The zero-order valence-corrected chi connectivity index (χ0v) is 13.6. The number of para-hydroxylation sites is 2. The highest BCUT2D eigenvalue weighted by Gasteiger charge is 2.14. The molecule has 0 aliphatic carbocycles. The normalized spacial score (nSPS) is 10.6. The third-order valence-electron chi connectivity index (χ3n) is 3.70. The highest BCUT2D eigenvalue weighted by Crippen LogP contribution is 2.25. The first-order valence-electron chi connectivity index (χ1n) is 7.71. The molecule has 0 radical (unpaired) electrons. The van der Waals surface area contributed by atoms with Gasteiger partial charge in [-0.05, 0) is 37.6 Å². The summed E-state index contributed by atoms with van der Waals surface area (Å²) in [7, 11) is 0. The molecule has 0 aliphatic rings. The highest BCUT2D eigenvalue weighted by molar-refractivity contribution is 6.05. The highest BCUT2D eigenvalue weighted by atomic mass is 16.5. The van der Waals surface area contributed by atoms with E-state index in [9.17, 15) is 4.79 Å². The van der Waals surface area contributed by atoms with Crippen LogP contribution in [-0.2, 0) is 0 Å². The first kappa shape index (κ1) is 15.8. The first-order valence-corrected chi connectivity index (χ1v) is 7.71. The van der Waals surface area contributed by atoms with Crippen LogP contribution >= 0.6 is 0 Å². The Morgan fingerprint density at radius 3 is 2.75 bits per heavy atom. The molecule has 1 amide bonds. The van der Waals surface area contributed by atoms with Gasteiger partial charge in [-0.25, -0.2) is 0 Å². The minimum atomic E-state index is -0.373. The molecule has 0 atom stereocenters. The van der Waals surface area contributed by atoms with Gasteiger partial charge in [-0.3, -0.25) is 10.2 Å². The van der Waals surface area contributed by atoms with Crippen molar-refractivity contribution < 1.29 is 13.9 Å². The van der Waals surface area contributed by atoms with Crippen molar-refractivity contribution in [1.82, 2.24) is 0 Å². The van der Waals surface area contributed by atoms with Gasteiger partial charge >= 0.3 is 0 Å². The Morgan fingerprint density at radius 1 is 1.21 bits per heavy atom. The van der Waals surface area contributed by atoms with E-state index in [0.29, 0.717) is 29.0 Å². The van der Waals surface area contributed by atoms with Gasteiger partial charge in [0.15, 0.2) is 11.3 Å². The van der Waals surface area contributed by atoms with Crippen LogP contribution in [0, 0.1) is 12.3 Å². The number of ether oxygens (including phenoxy) is 1. The number of anilines is 1. The van der Waals surface area contributed by atoms with E-state index in [1.807, 2.05) is 50.2 Å². The fourth-order valence-electron chi connectivity index (χ4n) is 2.47. The van der Waals surface area contributed by atoms with Gasteiger partial charge in [-0.1, -0.05) is 30.3 Å². The van der Waals surface area contributed by atoms with Gasteiger partial charge < -0.3 is 14.5 Å². The van der Waals surface area contributed by atoms with E-state index < -0.39 is 0 Å². The molecule has 0 saturated heterocycles.